The minimum absolute atomic E-state index is 0.185. The largest absolute Gasteiger partial charge is 0.369 e. The molecule has 3 amide bonds. The Morgan fingerprint density at radius 2 is 2.00 bits per heavy atom. The van der Waals surface area contributed by atoms with Crippen molar-refractivity contribution >= 4 is 11.9 Å². The third-order valence-electron chi connectivity index (χ3n) is 4.23. The molecule has 1 aromatic heterocycles. The quantitative estimate of drug-likeness (QED) is 0.881. The molecule has 1 fully saturated rings. The maximum absolute atomic E-state index is 12.1. The first-order chi connectivity index (χ1) is 11.5. The van der Waals surface area contributed by atoms with Crippen molar-refractivity contribution in [2.24, 2.45) is 11.7 Å². The summed E-state index contributed by atoms with van der Waals surface area (Å²) in [6, 6.07) is 9.66. The van der Waals surface area contributed by atoms with Crippen LogP contribution in [-0.4, -0.2) is 39.7 Å². The standard InChI is InChI=1S/C17H21N5O2/c1-11-7-12(2)22(20-11)15-6-4-3-5-13(15)8-19-17(24)21-9-14(10-21)16(18)23/h3-7,14H,8-10H2,1-2H3,(H2,18,23)(H,19,24). The molecule has 0 unspecified atom stereocenters. The number of nitrogens with zero attached hydrogens (tertiary/aromatic N) is 3. The Bertz CT molecular complexity index is 777. The zero-order chi connectivity index (χ0) is 17.3. The summed E-state index contributed by atoms with van der Waals surface area (Å²) < 4.78 is 1.88. The van der Waals surface area contributed by atoms with Crippen LogP contribution in [0.25, 0.3) is 5.69 Å². The van der Waals surface area contributed by atoms with E-state index in [2.05, 4.69) is 10.4 Å². The van der Waals surface area contributed by atoms with Gasteiger partial charge in [-0.15, -0.1) is 0 Å². The molecule has 0 atom stereocenters. The second-order valence-corrected chi connectivity index (χ2v) is 6.13. The Balaban J connectivity index is 1.67. The van der Waals surface area contributed by atoms with Crippen LogP contribution in [-0.2, 0) is 11.3 Å². The third kappa shape index (κ3) is 3.10. The molecular weight excluding hydrogens is 306 g/mol. The number of benzene rings is 1. The first-order valence-corrected chi connectivity index (χ1v) is 7.89. The number of nitrogens with two attached hydrogens (primary N) is 1. The van der Waals surface area contributed by atoms with E-state index in [4.69, 9.17) is 5.73 Å². The summed E-state index contributed by atoms with van der Waals surface area (Å²) in [7, 11) is 0. The lowest BCUT2D eigenvalue weighted by molar-refractivity contribution is -0.125. The van der Waals surface area contributed by atoms with Crippen LogP contribution in [0.3, 0.4) is 0 Å². The fourth-order valence-corrected chi connectivity index (χ4v) is 2.85. The van der Waals surface area contributed by atoms with Gasteiger partial charge in [0.05, 0.1) is 17.3 Å². The zero-order valence-electron chi connectivity index (χ0n) is 13.8. The Labute approximate surface area is 140 Å². The van der Waals surface area contributed by atoms with Crippen LogP contribution in [0.5, 0.6) is 0 Å². The first-order valence-electron chi connectivity index (χ1n) is 7.89. The molecule has 1 aliphatic rings. The second-order valence-electron chi connectivity index (χ2n) is 6.13. The van der Waals surface area contributed by atoms with Crippen molar-refractivity contribution in [3.8, 4) is 5.69 Å². The van der Waals surface area contributed by atoms with Gasteiger partial charge in [-0.05, 0) is 31.5 Å². The smallest absolute Gasteiger partial charge is 0.317 e. The average Bonchev–Trinajstić information content (AvgIpc) is 2.82. The fourth-order valence-electron chi connectivity index (χ4n) is 2.85. The number of rotatable bonds is 4. The molecule has 0 spiro atoms. The van der Waals surface area contributed by atoms with Crippen LogP contribution in [0.1, 0.15) is 17.0 Å². The molecule has 0 radical (unpaired) electrons. The number of likely N-dealkylation sites (tertiary alicyclic amines) is 1. The van der Waals surface area contributed by atoms with Gasteiger partial charge >= 0.3 is 6.03 Å². The number of urea groups is 1. The van der Waals surface area contributed by atoms with Gasteiger partial charge in [-0.3, -0.25) is 4.79 Å². The number of nitrogens with one attached hydrogen (secondary N) is 1. The third-order valence-corrected chi connectivity index (χ3v) is 4.23. The van der Waals surface area contributed by atoms with Crippen molar-refractivity contribution < 1.29 is 9.59 Å². The minimum atomic E-state index is -0.353. The van der Waals surface area contributed by atoms with E-state index < -0.39 is 0 Å². The number of carbonyl (C=O) groups excluding carboxylic acids is 2. The Morgan fingerprint density at radius 3 is 2.62 bits per heavy atom. The molecule has 1 saturated heterocycles. The van der Waals surface area contributed by atoms with Crippen LogP contribution >= 0.6 is 0 Å². The van der Waals surface area contributed by atoms with Gasteiger partial charge in [0.1, 0.15) is 0 Å². The molecule has 0 aliphatic carbocycles. The van der Waals surface area contributed by atoms with Crippen molar-refractivity contribution in [3.63, 3.8) is 0 Å². The van der Waals surface area contributed by atoms with E-state index in [-0.39, 0.29) is 17.9 Å². The highest BCUT2D eigenvalue weighted by atomic mass is 16.2. The number of amides is 3. The van der Waals surface area contributed by atoms with Gasteiger partial charge in [-0.1, -0.05) is 18.2 Å². The van der Waals surface area contributed by atoms with Crippen LogP contribution in [0, 0.1) is 19.8 Å². The molecule has 0 bridgehead atoms. The summed E-state index contributed by atoms with van der Waals surface area (Å²) in [5.74, 6) is -0.577. The van der Waals surface area contributed by atoms with E-state index in [0.29, 0.717) is 19.6 Å². The molecule has 7 heteroatoms. The average molecular weight is 327 g/mol. The predicted octanol–water partition coefficient (Wildman–Crippen LogP) is 1.12. The van der Waals surface area contributed by atoms with Crippen molar-refractivity contribution in [3.05, 3.63) is 47.3 Å². The number of aromatic nitrogens is 2. The van der Waals surface area contributed by atoms with E-state index in [1.54, 1.807) is 4.90 Å². The Kier molecular flexibility index (Phi) is 4.24. The lowest BCUT2D eigenvalue weighted by atomic mass is 10.0. The summed E-state index contributed by atoms with van der Waals surface area (Å²) in [4.78, 5) is 24.7. The maximum atomic E-state index is 12.1. The topological polar surface area (TPSA) is 93.3 Å². The number of para-hydroxylation sites is 1. The Hall–Kier alpha value is -2.83. The molecule has 7 nitrogen and oxygen atoms in total. The predicted molar refractivity (Wildman–Crippen MR) is 89.5 cm³/mol. The van der Waals surface area contributed by atoms with Crippen LogP contribution in [0.2, 0.25) is 0 Å². The second kappa shape index (κ2) is 6.35. The molecule has 2 heterocycles. The van der Waals surface area contributed by atoms with Crippen LogP contribution in [0.15, 0.2) is 30.3 Å². The van der Waals surface area contributed by atoms with Gasteiger partial charge in [0.2, 0.25) is 5.91 Å². The summed E-state index contributed by atoms with van der Waals surface area (Å²) >= 11 is 0. The molecular formula is C17H21N5O2. The molecule has 3 rings (SSSR count). The van der Waals surface area contributed by atoms with Gasteiger partial charge in [0.25, 0.3) is 0 Å². The van der Waals surface area contributed by atoms with Gasteiger partial charge in [0, 0.05) is 25.3 Å². The lowest BCUT2D eigenvalue weighted by Crippen LogP contribution is -2.57. The molecule has 24 heavy (non-hydrogen) atoms. The number of carbonyl (C=O) groups is 2. The van der Waals surface area contributed by atoms with Crippen LogP contribution in [0.4, 0.5) is 4.79 Å². The zero-order valence-corrected chi connectivity index (χ0v) is 13.8. The lowest BCUT2D eigenvalue weighted by Gasteiger charge is -2.37. The van der Waals surface area contributed by atoms with E-state index in [0.717, 1.165) is 22.6 Å². The van der Waals surface area contributed by atoms with E-state index in [1.807, 2.05) is 48.9 Å². The molecule has 1 aromatic carbocycles. The molecule has 2 aromatic rings. The molecule has 0 saturated carbocycles. The normalized spacial score (nSPS) is 14.3. The first kappa shape index (κ1) is 16.0. The van der Waals surface area contributed by atoms with Gasteiger partial charge < -0.3 is 16.0 Å². The SMILES string of the molecule is Cc1cc(C)n(-c2ccccc2CNC(=O)N2CC(C(N)=O)C2)n1. The highest BCUT2D eigenvalue weighted by Crippen LogP contribution is 2.18. The van der Waals surface area contributed by atoms with E-state index in [9.17, 15) is 9.59 Å². The minimum Gasteiger partial charge on any atom is -0.369 e. The van der Waals surface area contributed by atoms with Crippen LogP contribution < -0.4 is 11.1 Å². The monoisotopic (exact) mass is 327 g/mol. The maximum Gasteiger partial charge on any atom is 0.317 e. The highest BCUT2D eigenvalue weighted by molar-refractivity contribution is 5.82. The highest BCUT2D eigenvalue weighted by Gasteiger charge is 2.34. The summed E-state index contributed by atoms with van der Waals surface area (Å²) in [6.45, 7) is 5.12. The molecule has 126 valence electrons. The van der Waals surface area contributed by atoms with Gasteiger partial charge in [-0.2, -0.15) is 5.10 Å². The number of hydrogen-bond donors (Lipinski definition) is 2. The number of primary amides is 1. The van der Waals surface area contributed by atoms with Crippen molar-refractivity contribution in [1.29, 1.82) is 0 Å². The summed E-state index contributed by atoms with van der Waals surface area (Å²) in [6.07, 6.45) is 0. The van der Waals surface area contributed by atoms with Gasteiger partial charge in [-0.25, -0.2) is 9.48 Å². The van der Waals surface area contributed by atoms with E-state index in [1.165, 1.54) is 0 Å². The number of aryl methyl sites for hydroxylation is 2. The molecule has 3 N–H and O–H groups in total. The summed E-state index contributed by atoms with van der Waals surface area (Å²) in [5, 5.41) is 7.39. The van der Waals surface area contributed by atoms with E-state index >= 15 is 0 Å². The molecule has 1 aliphatic heterocycles. The van der Waals surface area contributed by atoms with Crippen molar-refractivity contribution in [1.82, 2.24) is 20.0 Å². The summed E-state index contributed by atoms with van der Waals surface area (Å²) in [5.41, 5.74) is 9.13. The Morgan fingerprint density at radius 1 is 1.29 bits per heavy atom. The number of hydrogen-bond acceptors (Lipinski definition) is 3. The van der Waals surface area contributed by atoms with Crippen molar-refractivity contribution in [2.75, 3.05) is 13.1 Å². The fraction of sp³-hybridized carbons (Fsp3) is 0.353. The van der Waals surface area contributed by atoms with Gasteiger partial charge in [0.15, 0.2) is 0 Å². The van der Waals surface area contributed by atoms with Crippen molar-refractivity contribution in [2.45, 2.75) is 20.4 Å².